The standard InChI is InChI=1S/C6H10O3/c1-6(5-7)3-2-4-8-9-6/h5H,2-4H2,1H3. The quantitative estimate of drug-likeness (QED) is 0.387. The van der Waals surface area contributed by atoms with Crippen molar-refractivity contribution in [2.24, 2.45) is 0 Å². The zero-order valence-electron chi connectivity index (χ0n) is 5.42. The van der Waals surface area contributed by atoms with Gasteiger partial charge in [0, 0.05) is 0 Å². The maximum atomic E-state index is 10.3. The van der Waals surface area contributed by atoms with Crippen LogP contribution in [0.3, 0.4) is 0 Å². The summed E-state index contributed by atoms with van der Waals surface area (Å²) in [4.78, 5) is 19.7. The normalized spacial score (nSPS) is 36.1. The van der Waals surface area contributed by atoms with Crippen molar-refractivity contribution in [2.75, 3.05) is 6.61 Å². The highest BCUT2D eigenvalue weighted by molar-refractivity contribution is 5.61. The lowest BCUT2D eigenvalue weighted by molar-refractivity contribution is -0.363. The first-order valence-electron chi connectivity index (χ1n) is 3.04. The molecule has 1 aliphatic rings. The fourth-order valence-corrected chi connectivity index (χ4v) is 0.779. The van der Waals surface area contributed by atoms with Gasteiger partial charge in [-0.05, 0) is 19.8 Å². The van der Waals surface area contributed by atoms with Gasteiger partial charge in [0.2, 0.25) is 0 Å². The van der Waals surface area contributed by atoms with Gasteiger partial charge < -0.3 is 4.79 Å². The van der Waals surface area contributed by atoms with Crippen LogP contribution in [0.5, 0.6) is 0 Å². The summed E-state index contributed by atoms with van der Waals surface area (Å²) in [6.07, 6.45) is 2.44. The Bertz CT molecular complexity index is 105. The lowest BCUT2D eigenvalue weighted by atomic mass is 10.0. The van der Waals surface area contributed by atoms with E-state index in [2.05, 4.69) is 4.89 Å². The monoisotopic (exact) mass is 130 g/mol. The summed E-state index contributed by atoms with van der Waals surface area (Å²) in [6.45, 7) is 2.32. The smallest absolute Gasteiger partial charge is 0.156 e. The highest BCUT2D eigenvalue weighted by Crippen LogP contribution is 2.19. The minimum atomic E-state index is -0.682. The number of aldehydes is 1. The Labute approximate surface area is 53.9 Å². The maximum absolute atomic E-state index is 10.3. The van der Waals surface area contributed by atoms with Gasteiger partial charge in [-0.2, -0.15) is 0 Å². The second-order valence-electron chi connectivity index (χ2n) is 2.44. The number of carbonyl (C=O) groups is 1. The van der Waals surface area contributed by atoms with Gasteiger partial charge in [-0.15, -0.1) is 0 Å². The molecule has 0 aromatic heterocycles. The third-order valence-corrected chi connectivity index (χ3v) is 1.40. The molecule has 0 aromatic rings. The Morgan fingerprint density at radius 1 is 1.67 bits per heavy atom. The van der Waals surface area contributed by atoms with Gasteiger partial charge >= 0.3 is 0 Å². The van der Waals surface area contributed by atoms with Crippen LogP contribution in [0.15, 0.2) is 0 Å². The van der Waals surface area contributed by atoms with Crippen molar-refractivity contribution in [1.29, 1.82) is 0 Å². The third kappa shape index (κ3) is 1.50. The lowest BCUT2D eigenvalue weighted by Crippen LogP contribution is -2.34. The molecular formula is C6H10O3. The second-order valence-corrected chi connectivity index (χ2v) is 2.44. The van der Waals surface area contributed by atoms with Gasteiger partial charge in [0.25, 0.3) is 0 Å². The molecule has 1 heterocycles. The van der Waals surface area contributed by atoms with E-state index < -0.39 is 5.60 Å². The van der Waals surface area contributed by atoms with Gasteiger partial charge in [0.05, 0.1) is 6.61 Å². The van der Waals surface area contributed by atoms with Crippen LogP contribution in [0.4, 0.5) is 0 Å². The molecule has 0 amide bonds. The van der Waals surface area contributed by atoms with Crippen molar-refractivity contribution < 1.29 is 14.6 Å². The Hall–Kier alpha value is -0.410. The fourth-order valence-electron chi connectivity index (χ4n) is 0.779. The zero-order chi connectivity index (χ0) is 6.74. The van der Waals surface area contributed by atoms with E-state index in [-0.39, 0.29) is 0 Å². The number of rotatable bonds is 1. The molecule has 0 N–H and O–H groups in total. The number of carbonyl (C=O) groups excluding carboxylic acids is 1. The number of hydrogen-bond acceptors (Lipinski definition) is 3. The molecule has 9 heavy (non-hydrogen) atoms. The summed E-state index contributed by atoms with van der Waals surface area (Å²) in [5.74, 6) is 0. The van der Waals surface area contributed by atoms with Crippen molar-refractivity contribution in [2.45, 2.75) is 25.4 Å². The van der Waals surface area contributed by atoms with Crippen LogP contribution in [-0.4, -0.2) is 18.5 Å². The molecule has 1 rings (SSSR count). The van der Waals surface area contributed by atoms with E-state index in [9.17, 15) is 4.79 Å². The first kappa shape index (κ1) is 6.71. The molecule has 3 heteroatoms. The van der Waals surface area contributed by atoms with Crippen LogP contribution >= 0.6 is 0 Å². The molecule has 0 saturated carbocycles. The van der Waals surface area contributed by atoms with E-state index in [0.717, 1.165) is 19.1 Å². The van der Waals surface area contributed by atoms with Crippen molar-refractivity contribution >= 4 is 6.29 Å². The van der Waals surface area contributed by atoms with Gasteiger partial charge in [0.1, 0.15) is 0 Å². The molecule has 3 nitrogen and oxygen atoms in total. The van der Waals surface area contributed by atoms with E-state index in [4.69, 9.17) is 4.89 Å². The Kier molecular flexibility index (Phi) is 1.83. The van der Waals surface area contributed by atoms with Crippen molar-refractivity contribution in [3.05, 3.63) is 0 Å². The molecule has 0 aliphatic carbocycles. The fraction of sp³-hybridized carbons (Fsp3) is 0.833. The van der Waals surface area contributed by atoms with Gasteiger partial charge in [-0.25, -0.2) is 9.78 Å². The van der Waals surface area contributed by atoms with E-state index in [1.807, 2.05) is 0 Å². The topological polar surface area (TPSA) is 35.5 Å². The molecular weight excluding hydrogens is 120 g/mol. The SMILES string of the molecule is CC1(C=O)CCCOO1. The molecule has 1 unspecified atom stereocenters. The van der Waals surface area contributed by atoms with Crippen molar-refractivity contribution in [1.82, 2.24) is 0 Å². The van der Waals surface area contributed by atoms with E-state index in [1.54, 1.807) is 6.92 Å². The first-order chi connectivity index (χ1) is 4.27. The van der Waals surface area contributed by atoms with E-state index in [0.29, 0.717) is 6.61 Å². The molecule has 1 saturated heterocycles. The molecule has 1 fully saturated rings. The van der Waals surface area contributed by atoms with Crippen molar-refractivity contribution in [3.8, 4) is 0 Å². The van der Waals surface area contributed by atoms with Crippen LogP contribution in [0, 0.1) is 0 Å². The molecule has 0 bridgehead atoms. The van der Waals surface area contributed by atoms with Crippen LogP contribution in [0.1, 0.15) is 19.8 Å². The molecule has 1 atom stereocenters. The summed E-state index contributed by atoms with van der Waals surface area (Å²) in [6, 6.07) is 0. The van der Waals surface area contributed by atoms with Gasteiger partial charge in [-0.3, -0.25) is 0 Å². The second kappa shape index (κ2) is 2.45. The predicted octanol–water partition coefficient (Wildman–Crippen LogP) is 0.686. The Morgan fingerprint density at radius 2 is 2.44 bits per heavy atom. The lowest BCUT2D eigenvalue weighted by Gasteiger charge is -2.25. The zero-order valence-corrected chi connectivity index (χ0v) is 5.42. The molecule has 52 valence electrons. The molecule has 0 radical (unpaired) electrons. The Balaban J connectivity index is 2.46. The summed E-state index contributed by atoms with van der Waals surface area (Å²) < 4.78 is 0. The van der Waals surface area contributed by atoms with Crippen LogP contribution < -0.4 is 0 Å². The summed E-state index contributed by atoms with van der Waals surface area (Å²) in [5, 5.41) is 0. The molecule has 1 aliphatic heterocycles. The van der Waals surface area contributed by atoms with E-state index >= 15 is 0 Å². The minimum absolute atomic E-state index is 0.601. The van der Waals surface area contributed by atoms with Crippen LogP contribution in [-0.2, 0) is 14.6 Å². The first-order valence-corrected chi connectivity index (χ1v) is 3.04. The predicted molar refractivity (Wildman–Crippen MR) is 30.7 cm³/mol. The van der Waals surface area contributed by atoms with E-state index in [1.165, 1.54) is 0 Å². The van der Waals surface area contributed by atoms with Crippen molar-refractivity contribution in [3.63, 3.8) is 0 Å². The molecule has 0 spiro atoms. The highest BCUT2D eigenvalue weighted by Gasteiger charge is 2.28. The van der Waals surface area contributed by atoms with Gasteiger partial charge in [-0.1, -0.05) is 0 Å². The Morgan fingerprint density at radius 3 is 2.78 bits per heavy atom. The summed E-state index contributed by atoms with van der Waals surface area (Å²) in [7, 11) is 0. The summed E-state index contributed by atoms with van der Waals surface area (Å²) >= 11 is 0. The average molecular weight is 130 g/mol. The summed E-state index contributed by atoms with van der Waals surface area (Å²) in [5.41, 5.74) is -0.682. The average Bonchev–Trinajstić information content (AvgIpc) is 1.90. The highest BCUT2D eigenvalue weighted by atomic mass is 17.2. The minimum Gasteiger partial charge on any atom is -0.300 e. The molecule has 0 aromatic carbocycles. The number of hydrogen-bond donors (Lipinski definition) is 0. The maximum Gasteiger partial charge on any atom is 0.156 e. The van der Waals surface area contributed by atoms with Crippen LogP contribution in [0.25, 0.3) is 0 Å². The van der Waals surface area contributed by atoms with Crippen LogP contribution in [0.2, 0.25) is 0 Å². The van der Waals surface area contributed by atoms with Gasteiger partial charge in [0.15, 0.2) is 11.9 Å². The largest absolute Gasteiger partial charge is 0.300 e. The third-order valence-electron chi connectivity index (χ3n) is 1.40.